The van der Waals surface area contributed by atoms with Crippen molar-refractivity contribution in [3.05, 3.63) is 63.6 Å². The number of benzene rings is 2. The molecule has 0 heterocycles. The molecule has 0 bridgehead atoms. The van der Waals surface area contributed by atoms with Gasteiger partial charge in [-0.3, -0.25) is 4.79 Å². The Bertz CT molecular complexity index is 657. The average Bonchev–Trinajstić information content (AvgIpc) is 2.45. The third kappa shape index (κ3) is 2.88. The molecule has 2 aromatic rings. The summed E-state index contributed by atoms with van der Waals surface area (Å²) in [7, 11) is 1.61. The fraction of sp³-hybridized carbons (Fsp3) is 0.278. The van der Waals surface area contributed by atoms with Crippen molar-refractivity contribution < 1.29 is 9.53 Å². The van der Waals surface area contributed by atoms with E-state index in [0.717, 1.165) is 15.8 Å². The van der Waals surface area contributed by atoms with Crippen LogP contribution in [0, 0.1) is 0 Å². The standard InChI is InChI=1S/C18H17BrO2/c1-21-17-10-9-15(11-16(17)19)18(20)14-7-5-13(6-8-14)12-3-2-4-12/h5-12H,2-4H2,1H3. The first-order chi connectivity index (χ1) is 10.2. The van der Waals surface area contributed by atoms with Gasteiger partial charge in [0.25, 0.3) is 0 Å². The molecular weight excluding hydrogens is 328 g/mol. The molecular formula is C18H17BrO2. The van der Waals surface area contributed by atoms with Crippen molar-refractivity contribution in [2.24, 2.45) is 0 Å². The number of methoxy groups -OCH3 is 1. The van der Waals surface area contributed by atoms with Crippen LogP contribution in [0.25, 0.3) is 0 Å². The Morgan fingerprint density at radius 2 is 1.76 bits per heavy atom. The molecule has 108 valence electrons. The van der Waals surface area contributed by atoms with Gasteiger partial charge in [0.2, 0.25) is 0 Å². The van der Waals surface area contributed by atoms with Gasteiger partial charge in [-0.2, -0.15) is 0 Å². The summed E-state index contributed by atoms with van der Waals surface area (Å²) in [4.78, 5) is 12.5. The molecule has 1 aliphatic carbocycles. The van der Waals surface area contributed by atoms with Gasteiger partial charge in [0, 0.05) is 11.1 Å². The fourth-order valence-corrected chi connectivity index (χ4v) is 3.16. The molecule has 0 unspecified atom stereocenters. The second-order valence-corrected chi connectivity index (χ2v) is 6.28. The Labute approximate surface area is 133 Å². The number of carbonyl (C=O) groups is 1. The summed E-state index contributed by atoms with van der Waals surface area (Å²) < 4.78 is 5.98. The van der Waals surface area contributed by atoms with Gasteiger partial charge < -0.3 is 4.74 Å². The summed E-state index contributed by atoms with van der Waals surface area (Å²) in [5.41, 5.74) is 2.75. The number of ether oxygens (including phenoxy) is 1. The van der Waals surface area contributed by atoms with E-state index >= 15 is 0 Å². The van der Waals surface area contributed by atoms with E-state index in [1.54, 1.807) is 25.3 Å². The van der Waals surface area contributed by atoms with Crippen molar-refractivity contribution in [3.63, 3.8) is 0 Å². The smallest absolute Gasteiger partial charge is 0.193 e. The maximum Gasteiger partial charge on any atom is 0.193 e. The van der Waals surface area contributed by atoms with Crippen LogP contribution in [0.15, 0.2) is 46.9 Å². The van der Waals surface area contributed by atoms with E-state index in [4.69, 9.17) is 4.74 Å². The zero-order valence-electron chi connectivity index (χ0n) is 11.9. The third-order valence-corrected chi connectivity index (χ3v) is 4.78. The fourth-order valence-electron chi connectivity index (χ4n) is 2.62. The molecule has 0 atom stereocenters. The second kappa shape index (κ2) is 6.02. The zero-order valence-corrected chi connectivity index (χ0v) is 13.5. The van der Waals surface area contributed by atoms with Crippen LogP contribution in [0.1, 0.15) is 46.7 Å². The molecule has 1 saturated carbocycles. The summed E-state index contributed by atoms with van der Waals surface area (Å²) in [6.07, 6.45) is 3.88. The van der Waals surface area contributed by atoms with E-state index in [9.17, 15) is 4.79 Å². The van der Waals surface area contributed by atoms with Crippen molar-refractivity contribution in [2.45, 2.75) is 25.2 Å². The van der Waals surface area contributed by atoms with Crippen LogP contribution in [0.2, 0.25) is 0 Å². The van der Waals surface area contributed by atoms with Gasteiger partial charge in [-0.1, -0.05) is 30.7 Å². The molecule has 1 fully saturated rings. The van der Waals surface area contributed by atoms with Crippen molar-refractivity contribution in [3.8, 4) is 5.75 Å². The molecule has 2 aromatic carbocycles. The Kier molecular flexibility index (Phi) is 4.11. The van der Waals surface area contributed by atoms with E-state index in [1.807, 2.05) is 12.1 Å². The van der Waals surface area contributed by atoms with Crippen molar-refractivity contribution in [1.82, 2.24) is 0 Å². The predicted molar refractivity (Wildman–Crippen MR) is 87.2 cm³/mol. The normalized spacial score (nSPS) is 14.6. The van der Waals surface area contributed by atoms with Gasteiger partial charge in [-0.05, 0) is 58.5 Å². The average molecular weight is 345 g/mol. The van der Waals surface area contributed by atoms with E-state index in [0.29, 0.717) is 11.5 Å². The molecule has 3 rings (SSSR count). The SMILES string of the molecule is COc1ccc(C(=O)c2ccc(C3CCC3)cc2)cc1Br. The molecule has 0 aromatic heterocycles. The van der Waals surface area contributed by atoms with Crippen LogP contribution in [0.4, 0.5) is 0 Å². The lowest BCUT2D eigenvalue weighted by Crippen LogP contribution is -2.09. The van der Waals surface area contributed by atoms with Gasteiger partial charge in [0.15, 0.2) is 5.78 Å². The van der Waals surface area contributed by atoms with E-state index < -0.39 is 0 Å². The zero-order chi connectivity index (χ0) is 14.8. The lowest BCUT2D eigenvalue weighted by molar-refractivity contribution is 0.103. The predicted octanol–water partition coefficient (Wildman–Crippen LogP) is 4.96. The molecule has 3 heteroatoms. The van der Waals surface area contributed by atoms with Crippen LogP contribution >= 0.6 is 15.9 Å². The number of halogens is 1. The van der Waals surface area contributed by atoms with Crippen LogP contribution in [-0.2, 0) is 0 Å². The number of rotatable bonds is 4. The molecule has 0 spiro atoms. The summed E-state index contributed by atoms with van der Waals surface area (Å²) in [6.45, 7) is 0. The van der Waals surface area contributed by atoms with Gasteiger partial charge in [0.1, 0.15) is 5.75 Å². The molecule has 2 nitrogen and oxygen atoms in total. The molecule has 0 aliphatic heterocycles. The first-order valence-electron chi connectivity index (χ1n) is 7.17. The summed E-state index contributed by atoms with van der Waals surface area (Å²) in [5, 5.41) is 0. The molecule has 0 amide bonds. The largest absolute Gasteiger partial charge is 0.496 e. The Morgan fingerprint density at radius 3 is 2.29 bits per heavy atom. The highest BCUT2D eigenvalue weighted by Gasteiger charge is 2.19. The topological polar surface area (TPSA) is 26.3 Å². The minimum atomic E-state index is 0.0403. The van der Waals surface area contributed by atoms with E-state index in [2.05, 4.69) is 28.1 Å². The van der Waals surface area contributed by atoms with Crippen LogP contribution < -0.4 is 4.74 Å². The summed E-state index contributed by atoms with van der Waals surface area (Å²) in [5.74, 6) is 1.47. The molecule has 0 N–H and O–H groups in total. The van der Waals surface area contributed by atoms with Gasteiger partial charge in [-0.25, -0.2) is 0 Å². The van der Waals surface area contributed by atoms with E-state index in [-0.39, 0.29) is 5.78 Å². The van der Waals surface area contributed by atoms with Crippen molar-refractivity contribution in [2.75, 3.05) is 7.11 Å². The molecule has 21 heavy (non-hydrogen) atoms. The Hall–Kier alpha value is -1.61. The van der Waals surface area contributed by atoms with Gasteiger partial charge in [-0.15, -0.1) is 0 Å². The van der Waals surface area contributed by atoms with Gasteiger partial charge >= 0.3 is 0 Å². The lowest BCUT2D eigenvalue weighted by atomic mass is 9.80. The third-order valence-electron chi connectivity index (χ3n) is 4.16. The quantitative estimate of drug-likeness (QED) is 0.733. The molecule has 0 saturated heterocycles. The maximum atomic E-state index is 12.5. The van der Waals surface area contributed by atoms with Gasteiger partial charge in [0.05, 0.1) is 11.6 Å². The highest BCUT2D eigenvalue weighted by Crippen LogP contribution is 2.36. The minimum absolute atomic E-state index is 0.0403. The number of carbonyl (C=O) groups excluding carboxylic acids is 1. The monoisotopic (exact) mass is 344 g/mol. The highest BCUT2D eigenvalue weighted by molar-refractivity contribution is 9.10. The van der Waals surface area contributed by atoms with Crippen LogP contribution in [0.5, 0.6) is 5.75 Å². The summed E-state index contributed by atoms with van der Waals surface area (Å²) in [6, 6.07) is 13.5. The first-order valence-corrected chi connectivity index (χ1v) is 7.96. The lowest BCUT2D eigenvalue weighted by Gasteiger charge is -2.25. The first kappa shape index (κ1) is 14.3. The molecule has 1 aliphatic rings. The second-order valence-electron chi connectivity index (χ2n) is 5.43. The minimum Gasteiger partial charge on any atom is -0.496 e. The summed E-state index contributed by atoms with van der Waals surface area (Å²) >= 11 is 3.42. The van der Waals surface area contributed by atoms with Crippen molar-refractivity contribution >= 4 is 21.7 Å². The maximum absolute atomic E-state index is 12.5. The highest BCUT2D eigenvalue weighted by atomic mass is 79.9. The van der Waals surface area contributed by atoms with Crippen LogP contribution in [0.3, 0.4) is 0 Å². The van der Waals surface area contributed by atoms with Crippen LogP contribution in [-0.4, -0.2) is 12.9 Å². The number of hydrogen-bond donors (Lipinski definition) is 0. The molecule has 0 radical (unpaired) electrons. The van der Waals surface area contributed by atoms with Crippen molar-refractivity contribution in [1.29, 1.82) is 0 Å². The number of ketones is 1. The number of hydrogen-bond acceptors (Lipinski definition) is 2. The Morgan fingerprint density at radius 1 is 1.10 bits per heavy atom. The Balaban J connectivity index is 1.82. The van der Waals surface area contributed by atoms with E-state index in [1.165, 1.54) is 24.8 Å².